The van der Waals surface area contributed by atoms with Crippen molar-refractivity contribution in [2.24, 2.45) is 0 Å². The molecule has 0 bridgehead atoms. The number of hydrogen-bond acceptors (Lipinski definition) is 4. The molecule has 0 radical (unpaired) electrons. The Labute approximate surface area is 162 Å². The van der Waals surface area contributed by atoms with Crippen LogP contribution in [0.4, 0.5) is 9.18 Å². The molecular formula is C17H16FIN4O3. The molecule has 1 fully saturated rings. The lowest BCUT2D eigenvalue weighted by Crippen LogP contribution is -2.49. The number of H-pyrrole nitrogens is 1. The van der Waals surface area contributed by atoms with Crippen LogP contribution in [0.5, 0.6) is 0 Å². The van der Waals surface area contributed by atoms with Crippen LogP contribution in [0.1, 0.15) is 22.5 Å². The zero-order valence-electron chi connectivity index (χ0n) is 13.9. The molecule has 9 heteroatoms. The van der Waals surface area contributed by atoms with Gasteiger partial charge in [-0.25, -0.2) is 9.18 Å². The lowest BCUT2D eigenvalue weighted by molar-refractivity contribution is 0.0922. The van der Waals surface area contributed by atoms with E-state index in [0.717, 1.165) is 11.9 Å². The lowest BCUT2D eigenvalue weighted by atomic mass is 9.79. The van der Waals surface area contributed by atoms with Crippen molar-refractivity contribution in [1.82, 2.24) is 20.2 Å². The number of carbonyl (C=O) groups excluding carboxylic acids is 2. The molecule has 0 aliphatic carbocycles. The number of methoxy groups -OCH3 is 1. The number of likely N-dealkylation sites (tertiary alicyclic amines) is 1. The average Bonchev–Trinajstić information content (AvgIpc) is 3.22. The highest BCUT2D eigenvalue weighted by molar-refractivity contribution is 14.1. The van der Waals surface area contributed by atoms with Crippen molar-refractivity contribution >= 4 is 34.6 Å². The summed E-state index contributed by atoms with van der Waals surface area (Å²) in [5.74, 6) is -0.649. The van der Waals surface area contributed by atoms with Crippen LogP contribution in [0.3, 0.4) is 0 Å². The van der Waals surface area contributed by atoms with Gasteiger partial charge in [-0.15, -0.1) is 0 Å². The molecule has 1 atom stereocenters. The number of nitrogens with one attached hydrogen (secondary N) is 2. The second-order valence-electron chi connectivity index (χ2n) is 6.52. The van der Waals surface area contributed by atoms with Crippen LogP contribution in [0.25, 0.3) is 11.3 Å². The zero-order chi connectivity index (χ0) is 18.5. The number of amides is 2. The third-order valence-electron chi connectivity index (χ3n) is 5.11. The SMILES string of the molecule is COC(=O)N1CCC2(CNC(=O)c3c2[nH]c(-c2ccncc2F)c3I)C1. The van der Waals surface area contributed by atoms with Gasteiger partial charge in [0.2, 0.25) is 0 Å². The van der Waals surface area contributed by atoms with Crippen LogP contribution < -0.4 is 5.32 Å². The van der Waals surface area contributed by atoms with Crippen LogP contribution in [0.2, 0.25) is 0 Å². The van der Waals surface area contributed by atoms with E-state index in [2.05, 4.69) is 37.9 Å². The van der Waals surface area contributed by atoms with E-state index < -0.39 is 11.2 Å². The molecule has 136 valence electrons. The van der Waals surface area contributed by atoms with E-state index in [-0.39, 0.29) is 12.0 Å². The molecule has 2 aliphatic rings. The number of aromatic nitrogens is 2. The number of rotatable bonds is 1. The summed E-state index contributed by atoms with van der Waals surface area (Å²) < 4.78 is 19.7. The van der Waals surface area contributed by atoms with E-state index in [1.54, 1.807) is 11.0 Å². The first-order valence-electron chi connectivity index (χ1n) is 8.10. The van der Waals surface area contributed by atoms with Crippen molar-refractivity contribution in [3.05, 3.63) is 39.1 Å². The predicted octanol–water partition coefficient (Wildman–Crippen LogP) is 2.27. The van der Waals surface area contributed by atoms with Gasteiger partial charge in [-0.2, -0.15) is 0 Å². The number of ether oxygens (including phenoxy) is 1. The fraction of sp³-hybridized carbons (Fsp3) is 0.353. The minimum atomic E-state index is -0.457. The molecule has 2 amide bonds. The van der Waals surface area contributed by atoms with Gasteiger partial charge in [-0.3, -0.25) is 9.78 Å². The van der Waals surface area contributed by atoms with Gasteiger partial charge >= 0.3 is 6.09 Å². The van der Waals surface area contributed by atoms with Gasteiger partial charge in [-0.05, 0) is 35.1 Å². The normalized spacial score (nSPS) is 21.7. The van der Waals surface area contributed by atoms with Crippen molar-refractivity contribution in [3.63, 3.8) is 0 Å². The number of carbonyl (C=O) groups is 2. The molecule has 2 aliphatic heterocycles. The number of halogens is 2. The molecule has 4 heterocycles. The van der Waals surface area contributed by atoms with Crippen molar-refractivity contribution < 1.29 is 18.7 Å². The molecule has 2 N–H and O–H groups in total. The Morgan fingerprint density at radius 2 is 2.31 bits per heavy atom. The number of aromatic amines is 1. The Balaban J connectivity index is 1.83. The van der Waals surface area contributed by atoms with Gasteiger partial charge in [-0.1, -0.05) is 0 Å². The fourth-order valence-electron chi connectivity index (χ4n) is 3.78. The maximum absolute atomic E-state index is 14.2. The summed E-state index contributed by atoms with van der Waals surface area (Å²) in [6, 6.07) is 1.58. The Morgan fingerprint density at radius 3 is 3.04 bits per heavy atom. The van der Waals surface area contributed by atoms with E-state index >= 15 is 0 Å². The number of nitrogens with zero attached hydrogens (tertiary/aromatic N) is 2. The molecule has 0 saturated carbocycles. The highest BCUT2D eigenvalue weighted by atomic mass is 127. The second kappa shape index (κ2) is 6.22. The maximum Gasteiger partial charge on any atom is 0.409 e. The van der Waals surface area contributed by atoms with E-state index in [1.165, 1.54) is 13.3 Å². The Kier molecular flexibility index (Phi) is 4.13. The van der Waals surface area contributed by atoms with Crippen LogP contribution in [0, 0.1) is 9.39 Å². The third kappa shape index (κ3) is 2.48. The quantitative estimate of drug-likeness (QED) is 0.627. The van der Waals surface area contributed by atoms with Gasteiger partial charge in [0.1, 0.15) is 0 Å². The first-order chi connectivity index (χ1) is 12.5. The summed E-state index contributed by atoms with van der Waals surface area (Å²) >= 11 is 2.07. The van der Waals surface area contributed by atoms with Crippen LogP contribution >= 0.6 is 22.6 Å². The molecular weight excluding hydrogens is 454 g/mol. The first kappa shape index (κ1) is 17.3. The van der Waals surface area contributed by atoms with Crippen molar-refractivity contribution in [3.8, 4) is 11.3 Å². The Morgan fingerprint density at radius 1 is 1.50 bits per heavy atom. The number of pyridine rings is 1. The third-order valence-corrected chi connectivity index (χ3v) is 6.19. The lowest BCUT2D eigenvalue weighted by Gasteiger charge is -2.33. The number of fused-ring (bicyclic) bond motifs is 2. The predicted molar refractivity (Wildman–Crippen MR) is 99.3 cm³/mol. The molecule has 1 spiro atoms. The zero-order valence-corrected chi connectivity index (χ0v) is 16.1. The highest BCUT2D eigenvalue weighted by Crippen LogP contribution is 2.42. The van der Waals surface area contributed by atoms with Crippen LogP contribution in [-0.4, -0.2) is 53.6 Å². The maximum atomic E-state index is 14.2. The molecule has 2 aromatic rings. The summed E-state index contributed by atoms with van der Waals surface area (Å²) in [6.45, 7) is 1.39. The minimum absolute atomic E-state index is 0.191. The van der Waals surface area contributed by atoms with Gasteiger partial charge < -0.3 is 19.9 Å². The molecule has 7 nitrogen and oxygen atoms in total. The standard InChI is InChI=1S/C17H16FIN4O3/c1-26-16(25)23-5-3-17(8-23)7-21-15(24)11-12(19)13(22-14(11)17)9-2-4-20-6-10(9)18/h2,4,6,22H,3,5,7-8H2,1H3,(H,21,24). The summed E-state index contributed by atoms with van der Waals surface area (Å²) in [4.78, 5) is 33.1. The monoisotopic (exact) mass is 470 g/mol. The first-order valence-corrected chi connectivity index (χ1v) is 9.17. The molecule has 26 heavy (non-hydrogen) atoms. The largest absolute Gasteiger partial charge is 0.453 e. The van der Waals surface area contributed by atoms with Crippen LogP contribution in [0.15, 0.2) is 18.5 Å². The summed E-state index contributed by atoms with van der Waals surface area (Å²) in [5.41, 5.74) is 1.77. The van der Waals surface area contributed by atoms with Crippen LogP contribution in [-0.2, 0) is 10.2 Å². The van der Waals surface area contributed by atoms with Crippen molar-refractivity contribution in [2.45, 2.75) is 11.8 Å². The molecule has 4 rings (SSSR count). The highest BCUT2D eigenvalue weighted by Gasteiger charge is 2.48. The Hall–Kier alpha value is -2.17. The topological polar surface area (TPSA) is 87.3 Å². The van der Waals surface area contributed by atoms with Crippen molar-refractivity contribution in [2.75, 3.05) is 26.7 Å². The van der Waals surface area contributed by atoms with Gasteiger partial charge in [0.05, 0.1) is 28.1 Å². The van der Waals surface area contributed by atoms with E-state index in [9.17, 15) is 14.0 Å². The summed E-state index contributed by atoms with van der Waals surface area (Å²) in [6.07, 6.45) is 2.96. The molecule has 2 aromatic heterocycles. The summed E-state index contributed by atoms with van der Waals surface area (Å²) in [7, 11) is 1.35. The molecule has 1 unspecified atom stereocenters. The van der Waals surface area contributed by atoms with Gasteiger partial charge in [0, 0.05) is 42.5 Å². The smallest absolute Gasteiger partial charge is 0.409 e. The minimum Gasteiger partial charge on any atom is -0.453 e. The summed E-state index contributed by atoms with van der Waals surface area (Å²) in [5, 5.41) is 2.92. The van der Waals surface area contributed by atoms with Gasteiger partial charge in [0.25, 0.3) is 5.91 Å². The Bertz CT molecular complexity index is 915. The van der Waals surface area contributed by atoms with Crippen molar-refractivity contribution in [1.29, 1.82) is 0 Å². The molecule has 1 saturated heterocycles. The fourth-order valence-corrected chi connectivity index (χ4v) is 4.72. The number of hydrogen-bond donors (Lipinski definition) is 2. The van der Waals surface area contributed by atoms with E-state index in [1.807, 2.05) is 0 Å². The van der Waals surface area contributed by atoms with Gasteiger partial charge in [0.15, 0.2) is 5.82 Å². The van der Waals surface area contributed by atoms with E-state index in [0.29, 0.717) is 46.4 Å². The second-order valence-corrected chi connectivity index (χ2v) is 7.60. The van der Waals surface area contributed by atoms with E-state index in [4.69, 9.17) is 4.74 Å². The molecule has 0 aromatic carbocycles. The average molecular weight is 470 g/mol.